The van der Waals surface area contributed by atoms with E-state index in [9.17, 15) is 4.79 Å². The number of ether oxygens (including phenoxy) is 1. The summed E-state index contributed by atoms with van der Waals surface area (Å²) in [5.41, 5.74) is 1.03. The molecule has 0 fully saturated rings. The summed E-state index contributed by atoms with van der Waals surface area (Å²) in [5, 5.41) is 0.564. The largest absolute Gasteiger partial charge is 0.437 e. The van der Waals surface area contributed by atoms with Crippen molar-refractivity contribution in [3.05, 3.63) is 59.4 Å². The number of aldehydes is 1. The number of benzene rings is 1. The molecule has 5 heteroatoms. The van der Waals surface area contributed by atoms with Crippen molar-refractivity contribution in [2.24, 2.45) is 0 Å². The number of carbonyl (C=O) groups excluding carboxylic acids is 1. The summed E-state index contributed by atoms with van der Waals surface area (Å²) in [6.07, 6.45) is 2.48. The highest BCUT2D eigenvalue weighted by Gasteiger charge is 2.13. The zero-order chi connectivity index (χ0) is 13.2. The first kappa shape index (κ1) is 11.7. The van der Waals surface area contributed by atoms with Gasteiger partial charge in [-0.05, 0) is 30.3 Å². The van der Waals surface area contributed by atoms with Crippen LogP contribution in [0.2, 0.25) is 5.02 Å². The molecule has 2 aromatic heterocycles. The summed E-state index contributed by atoms with van der Waals surface area (Å²) in [6, 6.07) is 12.4. The summed E-state index contributed by atoms with van der Waals surface area (Å²) in [4.78, 5) is 15.5. The Balaban J connectivity index is 2.07. The topological polar surface area (TPSA) is 43.6 Å². The zero-order valence-corrected chi connectivity index (χ0v) is 10.5. The van der Waals surface area contributed by atoms with E-state index in [1.165, 1.54) is 0 Å². The highest BCUT2D eigenvalue weighted by molar-refractivity contribution is 6.30. The average Bonchev–Trinajstić information content (AvgIpc) is 2.75. The predicted molar refractivity (Wildman–Crippen MR) is 72.1 cm³/mol. The number of pyridine rings is 1. The maximum atomic E-state index is 11.2. The number of carbonyl (C=O) groups is 1. The molecule has 1 aromatic carbocycles. The third-order valence-corrected chi connectivity index (χ3v) is 2.89. The second-order valence-corrected chi connectivity index (χ2v) is 4.34. The maximum Gasteiger partial charge on any atom is 0.249 e. The van der Waals surface area contributed by atoms with Crippen LogP contribution in [0.15, 0.2) is 48.7 Å². The number of hydrogen-bond donors (Lipinski definition) is 0. The number of nitrogens with zero attached hydrogens (tertiary/aromatic N) is 2. The van der Waals surface area contributed by atoms with Crippen molar-refractivity contribution in [2.45, 2.75) is 0 Å². The van der Waals surface area contributed by atoms with Gasteiger partial charge in [-0.1, -0.05) is 23.7 Å². The van der Waals surface area contributed by atoms with Gasteiger partial charge in [-0.15, -0.1) is 0 Å². The molecular formula is C14H9ClN2O2. The summed E-state index contributed by atoms with van der Waals surface area (Å²) < 4.78 is 7.29. The van der Waals surface area contributed by atoms with Crippen LogP contribution < -0.4 is 4.74 Å². The smallest absolute Gasteiger partial charge is 0.249 e. The minimum Gasteiger partial charge on any atom is -0.437 e. The van der Waals surface area contributed by atoms with Gasteiger partial charge in [0.05, 0.1) is 0 Å². The molecule has 0 aliphatic carbocycles. The molecule has 0 aliphatic rings. The molecule has 0 aliphatic heterocycles. The summed E-state index contributed by atoms with van der Waals surface area (Å²) >= 11 is 5.89. The fourth-order valence-electron chi connectivity index (χ4n) is 1.82. The molecule has 3 aromatic rings. The van der Waals surface area contributed by atoms with Crippen LogP contribution in [0.3, 0.4) is 0 Å². The monoisotopic (exact) mass is 272 g/mol. The molecular weight excluding hydrogens is 264 g/mol. The molecule has 2 heterocycles. The number of aromatic nitrogens is 2. The summed E-state index contributed by atoms with van der Waals surface area (Å²) in [5.74, 6) is 0.808. The zero-order valence-electron chi connectivity index (χ0n) is 9.79. The quantitative estimate of drug-likeness (QED) is 0.684. The molecule has 0 saturated carbocycles. The lowest BCUT2D eigenvalue weighted by atomic mass is 10.3. The number of halogens is 1. The molecule has 0 bridgehead atoms. The standard InChI is InChI=1S/C14H9ClN2O2/c15-10-4-3-5-11(8-10)19-14-12(9-18)17-7-2-1-6-13(17)16-14/h1-9H. The molecule has 0 radical (unpaired) electrons. The van der Waals surface area contributed by atoms with E-state index in [0.29, 0.717) is 22.1 Å². The average molecular weight is 273 g/mol. The number of fused-ring (bicyclic) bond motifs is 1. The van der Waals surface area contributed by atoms with Crippen LogP contribution in [-0.4, -0.2) is 15.7 Å². The fourth-order valence-corrected chi connectivity index (χ4v) is 2.00. The molecule has 0 N–H and O–H groups in total. The van der Waals surface area contributed by atoms with Crippen LogP contribution in [-0.2, 0) is 0 Å². The third-order valence-electron chi connectivity index (χ3n) is 2.66. The van der Waals surface area contributed by atoms with Crippen molar-refractivity contribution < 1.29 is 9.53 Å². The van der Waals surface area contributed by atoms with E-state index < -0.39 is 0 Å². The van der Waals surface area contributed by atoms with Gasteiger partial charge in [0.1, 0.15) is 11.4 Å². The Labute approximate surface area is 114 Å². The molecule has 0 amide bonds. The predicted octanol–water partition coefficient (Wildman–Crippen LogP) is 3.59. The summed E-state index contributed by atoms with van der Waals surface area (Å²) in [6.45, 7) is 0. The molecule has 4 nitrogen and oxygen atoms in total. The van der Waals surface area contributed by atoms with Crippen LogP contribution in [0.1, 0.15) is 10.5 Å². The lowest BCUT2D eigenvalue weighted by Gasteiger charge is -2.02. The van der Waals surface area contributed by atoms with Gasteiger partial charge >= 0.3 is 0 Å². The van der Waals surface area contributed by atoms with Gasteiger partial charge in [0.15, 0.2) is 12.0 Å². The van der Waals surface area contributed by atoms with Crippen molar-refractivity contribution in [3.63, 3.8) is 0 Å². The molecule has 94 valence electrons. The van der Waals surface area contributed by atoms with Crippen LogP contribution in [0.25, 0.3) is 5.65 Å². The number of rotatable bonds is 3. The second-order valence-electron chi connectivity index (χ2n) is 3.91. The Kier molecular flexibility index (Phi) is 2.93. The normalized spacial score (nSPS) is 10.6. The Morgan fingerprint density at radius 2 is 2.11 bits per heavy atom. The van der Waals surface area contributed by atoms with E-state index in [1.807, 2.05) is 12.1 Å². The van der Waals surface area contributed by atoms with E-state index in [2.05, 4.69) is 4.98 Å². The first-order valence-corrected chi connectivity index (χ1v) is 6.01. The SMILES string of the molecule is O=Cc1c(Oc2cccc(Cl)c2)nc2ccccn12. The minimum atomic E-state index is 0.267. The number of imidazole rings is 1. The van der Waals surface area contributed by atoms with E-state index in [1.54, 1.807) is 40.9 Å². The Morgan fingerprint density at radius 3 is 2.89 bits per heavy atom. The van der Waals surface area contributed by atoms with Crippen molar-refractivity contribution in [1.82, 2.24) is 9.38 Å². The van der Waals surface area contributed by atoms with Crippen LogP contribution in [0.4, 0.5) is 0 Å². The highest BCUT2D eigenvalue weighted by atomic mass is 35.5. The van der Waals surface area contributed by atoms with Crippen molar-refractivity contribution in [3.8, 4) is 11.6 Å². The van der Waals surface area contributed by atoms with Crippen LogP contribution in [0.5, 0.6) is 11.6 Å². The molecule has 0 saturated heterocycles. The van der Waals surface area contributed by atoms with Crippen molar-refractivity contribution >= 4 is 23.5 Å². The van der Waals surface area contributed by atoms with E-state index in [-0.39, 0.29) is 5.88 Å². The van der Waals surface area contributed by atoms with Crippen molar-refractivity contribution in [2.75, 3.05) is 0 Å². The Hall–Kier alpha value is -2.33. The molecule has 0 atom stereocenters. The van der Waals surface area contributed by atoms with Gasteiger partial charge in [0.2, 0.25) is 5.88 Å². The molecule has 3 rings (SSSR count). The van der Waals surface area contributed by atoms with Gasteiger partial charge in [-0.25, -0.2) is 0 Å². The lowest BCUT2D eigenvalue weighted by molar-refractivity contribution is 0.111. The van der Waals surface area contributed by atoms with Gasteiger partial charge in [-0.2, -0.15) is 4.98 Å². The van der Waals surface area contributed by atoms with Gasteiger partial charge in [0.25, 0.3) is 0 Å². The van der Waals surface area contributed by atoms with Crippen molar-refractivity contribution in [1.29, 1.82) is 0 Å². The minimum absolute atomic E-state index is 0.267. The third kappa shape index (κ3) is 2.18. The first-order valence-electron chi connectivity index (χ1n) is 5.63. The summed E-state index contributed by atoms with van der Waals surface area (Å²) in [7, 11) is 0. The molecule has 0 unspecified atom stereocenters. The molecule has 0 spiro atoms. The second kappa shape index (κ2) is 4.74. The lowest BCUT2D eigenvalue weighted by Crippen LogP contribution is -1.92. The molecule has 19 heavy (non-hydrogen) atoms. The van der Waals surface area contributed by atoms with E-state index in [0.717, 1.165) is 6.29 Å². The van der Waals surface area contributed by atoms with Gasteiger partial charge < -0.3 is 4.74 Å². The maximum absolute atomic E-state index is 11.2. The highest BCUT2D eigenvalue weighted by Crippen LogP contribution is 2.26. The fraction of sp³-hybridized carbons (Fsp3) is 0. The Bertz CT molecular complexity index is 752. The van der Waals surface area contributed by atoms with E-state index >= 15 is 0 Å². The number of hydrogen-bond acceptors (Lipinski definition) is 3. The van der Waals surface area contributed by atoms with Crippen LogP contribution in [0, 0.1) is 0 Å². The first-order chi connectivity index (χ1) is 9.28. The van der Waals surface area contributed by atoms with Gasteiger partial charge in [0, 0.05) is 11.2 Å². The Morgan fingerprint density at radius 1 is 1.21 bits per heavy atom. The van der Waals surface area contributed by atoms with E-state index in [4.69, 9.17) is 16.3 Å². The van der Waals surface area contributed by atoms with Gasteiger partial charge in [-0.3, -0.25) is 9.20 Å². The van der Waals surface area contributed by atoms with Crippen LogP contribution >= 0.6 is 11.6 Å².